The molecule has 0 unspecified atom stereocenters. The lowest BCUT2D eigenvalue weighted by molar-refractivity contribution is 0.405. The lowest BCUT2D eigenvalue weighted by Gasteiger charge is -2.09. The van der Waals surface area contributed by atoms with E-state index in [9.17, 15) is 0 Å². The summed E-state index contributed by atoms with van der Waals surface area (Å²) < 4.78 is 9.53. The van der Waals surface area contributed by atoms with Crippen LogP contribution in [0.25, 0.3) is 0 Å². The first-order chi connectivity index (χ1) is 8.29. The quantitative estimate of drug-likeness (QED) is 0.866. The smallest absolute Gasteiger partial charge is 0.134 e. The second kappa shape index (κ2) is 5.93. The molecule has 0 fully saturated rings. The minimum absolute atomic E-state index is 0.842. The molecular weight excluding hydrogens is 300 g/mol. The number of aromatic nitrogens is 1. The third-order valence-electron chi connectivity index (χ3n) is 2.07. The molecular formula is C12H11BrN2OS. The van der Waals surface area contributed by atoms with Gasteiger partial charge in [-0.1, -0.05) is 15.9 Å². The van der Waals surface area contributed by atoms with Gasteiger partial charge in [0, 0.05) is 10.7 Å². The van der Waals surface area contributed by atoms with Crippen LogP contribution in [0.4, 0.5) is 5.69 Å². The third kappa shape index (κ3) is 3.38. The van der Waals surface area contributed by atoms with Crippen LogP contribution in [-0.4, -0.2) is 12.1 Å². The topological polar surface area (TPSA) is 34.1 Å². The molecule has 0 bridgehead atoms. The van der Waals surface area contributed by atoms with Crippen molar-refractivity contribution in [2.24, 2.45) is 0 Å². The van der Waals surface area contributed by atoms with Gasteiger partial charge in [0.1, 0.15) is 5.75 Å². The van der Waals surface area contributed by atoms with E-state index < -0.39 is 0 Å². The molecule has 2 rings (SSSR count). The zero-order valence-electron chi connectivity index (χ0n) is 9.18. The van der Waals surface area contributed by atoms with E-state index in [-0.39, 0.29) is 0 Å². The number of benzene rings is 1. The van der Waals surface area contributed by atoms with Gasteiger partial charge in [-0.15, -0.1) is 0 Å². The monoisotopic (exact) mass is 310 g/mol. The molecule has 0 amide bonds. The van der Waals surface area contributed by atoms with E-state index in [0.29, 0.717) is 0 Å². The maximum absolute atomic E-state index is 5.29. The largest absolute Gasteiger partial charge is 0.496 e. The first-order valence-corrected chi connectivity index (χ1v) is 6.57. The summed E-state index contributed by atoms with van der Waals surface area (Å²) in [5.41, 5.74) is 0.958. The molecule has 17 heavy (non-hydrogen) atoms. The van der Waals surface area contributed by atoms with E-state index in [1.54, 1.807) is 19.5 Å². The number of nitrogens with one attached hydrogen (secondary N) is 1. The lowest BCUT2D eigenvalue weighted by Crippen LogP contribution is -1.91. The van der Waals surface area contributed by atoms with E-state index in [0.717, 1.165) is 20.8 Å². The summed E-state index contributed by atoms with van der Waals surface area (Å²) in [5.74, 6) is 0.842. The van der Waals surface area contributed by atoms with Crippen molar-refractivity contribution in [2.75, 3.05) is 11.8 Å². The van der Waals surface area contributed by atoms with Crippen LogP contribution in [0, 0.1) is 0 Å². The predicted octanol–water partition coefficient (Wildman–Crippen LogP) is 3.97. The average molecular weight is 311 g/mol. The van der Waals surface area contributed by atoms with E-state index >= 15 is 0 Å². The Morgan fingerprint density at radius 1 is 1.35 bits per heavy atom. The highest BCUT2D eigenvalue weighted by Crippen LogP contribution is 2.32. The third-order valence-corrected chi connectivity index (χ3v) is 3.44. The Morgan fingerprint density at radius 2 is 2.24 bits per heavy atom. The van der Waals surface area contributed by atoms with E-state index in [2.05, 4.69) is 25.6 Å². The van der Waals surface area contributed by atoms with Gasteiger partial charge in [-0.05, 0) is 42.3 Å². The van der Waals surface area contributed by atoms with Gasteiger partial charge >= 0.3 is 0 Å². The van der Waals surface area contributed by atoms with Crippen LogP contribution < -0.4 is 9.46 Å². The lowest BCUT2D eigenvalue weighted by atomic mass is 10.3. The molecule has 0 aliphatic carbocycles. The molecule has 0 aliphatic rings. The Balaban J connectivity index is 2.11. The Labute approximate surface area is 113 Å². The minimum atomic E-state index is 0.842. The van der Waals surface area contributed by atoms with Gasteiger partial charge in [-0.3, -0.25) is 4.98 Å². The fourth-order valence-corrected chi connectivity index (χ4v) is 2.57. The van der Waals surface area contributed by atoms with Crippen LogP contribution in [0.1, 0.15) is 0 Å². The van der Waals surface area contributed by atoms with Crippen LogP contribution in [0.15, 0.2) is 52.1 Å². The molecule has 0 radical (unpaired) electrons. The van der Waals surface area contributed by atoms with Crippen molar-refractivity contribution in [1.82, 2.24) is 4.98 Å². The number of hydrogen-bond acceptors (Lipinski definition) is 4. The zero-order chi connectivity index (χ0) is 12.1. The highest BCUT2D eigenvalue weighted by atomic mass is 79.9. The predicted molar refractivity (Wildman–Crippen MR) is 74.4 cm³/mol. The van der Waals surface area contributed by atoms with Crippen LogP contribution in [0.3, 0.4) is 0 Å². The molecule has 0 atom stereocenters. The van der Waals surface area contributed by atoms with Gasteiger partial charge in [-0.2, -0.15) is 0 Å². The maximum Gasteiger partial charge on any atom is 0.134 e. The number of halogens is 1. The van der Waals surface area contributed by atoms with Gasteiger partial charge in [0.2, 0.25) is 0 Å². The van der Waals surface area contributed by atoms with Crippen molar-refractivity contribution in [3.8, 4) is 5.75 Å². The Kier molecular flexibility index (Phi) is 4.28. The van der Waals surface area contributed by atoms with Crippen molar-refractivity contribution in [1.29, 1.82) is 0 Å². The van der Waals surface area contributed by atoms with Gasteiger partial charge in [0.25, 0.3) is 0 Å². The van der Waals surface area contributed by atoms with Crippen molar-refractivity contribution >= 4 is 33.6 Å². The van der Waals surface area contributed by atoms with Crippen LogP contribution in [-0.2, 0) is 0 Å². The number of methoxy groups -OCH3 is 1. The first-order valence-electron chi connectivity index (χ1n) is 4.96. The summed E-state index contributed by atoms with van der Waals surface area (Å²) in [4.78, 5) is 5.06. The molecule has 88 valence electrons. The molecule has 3 nitrogen and oxygen atoms in total. The molecule has 1 heterocycles. The number of anilines is 1. The van der Waals surface area contributed by atoms with E-state index in [4.69, 9.17) is 4.74 Å². The van der Waals surface area contributed by atoms with Crippen LogP contribution >= 0.6 is 27.9 Å². The number of rotatable bonds is 4. The van der Waals surface area contributed by atoms with Gasteiger partial charge < -0.3 is 9.46 Å². The Hall–Kier alpha value is -1.20. The van der Waals surface area contributed by atoms with Gasteiger partial charge in [-0.25, -0.2) is 0 Å². The minimum Gasteiger partial charge on any atom is -0.496 e. The molecule has 0 saturated carbocycles. The molecule has 1 aromatic heterocycles. The second-order valence-corrected chi connectivity index (χ2v) is 5.00. The molecule has 1 N–H and O–H groups in total. The van der Waals surface area contributed by atoms with Crippen molar-refractivity contribution < 1.29 is 4.74 Å². The molecule has 0 spiro atoms. The summed E-state index contributed by atoms with van der Waals surface area (Å²) in [5, 5.41) is 0. The standard InChI is InChI=1S/C12H11BrN2OS/c1-16-11-5-4-9(13)7-12(11)17-15-10-3-2-6-14-8-10/h2-8,15H,1H3. The summed E-state index contributed by atoms with van der Waals surface area (Å²) in [6.07, 6.45) is 3.52. The Morgan fingerprint density at radius 3 is 2.94 bits per heavy atom. The number of pyridine rings is 1. The normalized spacial score (nSPS) is 10.0. The fourth-order valence-electron chi connectivity index (χ4n) is 1.27. The van der Waals surface area contributed by atoms with Crippen LogP contribution in [0.5, 0.6) is 5.75 Å². The summed E-state index contributed by atoms with van der Waals surface area (Å²) in [6, 6.07) is 9.74. The maximum atomic E-state index is 5.29. The molecule has 2 aromatic rings. The summed E-state index contributed by atoms with van der Waals surface area (Å²) in [7, 11) is 1.66. The molecule has 0 aliphatic heterocycles. The summed E-state index contributed by atoms with van der Waals surface area (Å²) in [6.45, 7) is 0. The average Bonchev–Trinajstić information content (AvgIpc) is 2.38. The van der Waals surface area contributed by atoms with Gasteiger partial charge in [0.15, 0.2) is 0 Å². The fraction of sp³-hybridized carbons (Fsp3) is 0.0833. The molecule has 0 saturated heterocycles. The first kappa shape index (κ1) is 12.3. The zero-order valence-corrected chi connectivity index (χ0v) is 11.6. The van der Waals surface area contributed by atoms with Crippen LogP contribution in [0.2, 0.25) is 0 Å². The number of nitrogens with zero attached hydrogens (tertiary/aromatic N) is 1. The highest BCUT2D eigenvalue weighted by Gasteiger charge is 2.04. The second-order valence-electron chi connectivity index (χ2n) is 3.24. The Bertz CT molecular complexity index is 493. The number of hydrogen-bond donors (Lipinski definition) is 1. The summed E-state index contributed by atoms with van der Waals surface area (Å²) >= 11 is 4.94. The molecule has 5 heteroatoms. The van der Waals surface area contributed by atoms with E-state index in [1.807, 2.05) is 30.3 Å². The van der Waals surface area contributed by atoms with E-state index in [1.165, 1.54) is 11.9 Å². The number of ether oxygens (including phenoxy) is 1. The molecule has 1 aromatic carbocycles. The SMILES string of the molecule is COc1ccc(Br)cc1SNc1cccnc1. The highest BCUT2D eigenvalue weighted by molar-refractivity contribution is 9.10. The van der Waals surface area contributed by atoms with Gasteiger partial charge in [0.05, 0.1) is 23.9 Å². The van der Waals surface area contributed by atoms with Crippen molar-refractivity contribution in [3.63, 3.8) is 0 Å². The van der Waals surface area contributed by atoms with Crippen molar-refractivity contribution in [3.05, 3.63) is 47.2 Å². The van der Waals surface area contributed by atoms with Crippen molar-refractivity contribution in [2.45, 2.75) is 4.90 Å².